The number of nitrogens with two attached hydrogens (primary N) is 1. The lowest BCUT2D eigenvalue weighted by atomic mass is 9.83. The highest BCUT2D eigenvalue weighted by Gasteiger charge is 2.43. The Morgan fingerprint density at radius 1 is 1.33 bits per heavy atom. The number of carbonyl (C=O) groups is 2. The molecule has 5 heteroatoms. The zero-order chi connectivity index (χ0) is 17.3. The van der Waals surface area contributed by atoms with Crippen molar-refractivity contribution in [3.8, 4) is 0 Å². The van der Waals surface area contributed by atoms with Gasteiger partial charge in [0.1, 0.15) is 0 Å². The topological polar surface area (TPSA) is 66.6 Å². The first-order chi connectivity index (χ1) is 11.4. The number of hydrogen-bond donors (Lipinski definition) is 1. The summed E-state index contributed by atoms with van der Waals surface area (Å²) in [6.07, 6.45) is 2.02. The highest BCUT2D eigenvalue weighted by molar-refractivity contribution is 5.85. The average Bonchev–Trinajstić information content (AvgIpc) is 3.00. The Hall–Kier alpha value is -1.88. The lowest BCUT2D eigenvalue weighted by Crippen LogP contribution is -2.47. The number of amides is 2. The van der Waals surface area contributed by atoms with E-state index in [1.54, 1.807) is 4.90 Å². The van der Waals surface area contributed by atoms with Crippen molar-refractivity contribution in [2.24, 2.45) is 17.1 Å². The smallest absolute Gasteiger partial charge is 0.228 e. The van der Waals surface area contributed by atoms with Gasteiger partial charge in [-0.1, -0.05) is 37.3 Å². The molecule has 3 atom stereocenters. The van der Waals surface area contributed by atoms with Gasteiger partial charge in [0.2, 0.25) is 11.8 Å². The fraction of sp³-hybridized carbons (Fsp3) is 0.579. The Labute approximate surface area is 143 Å². The molecule has 5 nitrogen and oxygen atoms in total. The molecule has 3 unspecified atom stereocenters. The van der Waals surface area contributed by atoms with Crippen molar-refractivity contribution < 1.29 is 9.59 Å². The first kappa shape index (κ1) is 17.0. The van der Waals surface area contributed by atoms with Crippen molar-refractivity contribution in [2.45, 2.75) is 32.2 Å². The summed E-state index contributed by atoms with van der Waals surface area (Å²) in [4.78, 5) is 29.1. The van der Waals surface area contributed by atoms with Crippen LogP contribution in [0, 0.1) is 11.3 Å². The molecule has 2 fully saturated rings. The third-order valence-corrected chi connectivity index (χ3v) is 5.68. The quantitative estimate of drug-likeness (QED) is 0.919. The van der Waals surface area contributed by atoms with E-state index in [4.69, 9.17) is 5.73 Å². The van der Waals surface area contributed by atoms with Crippen LogP contribution in [0.15, 0.2) is 30.3 Å². The number of piperidine rings is 1. The van der Waals surface area contributed by atoms with E-state index < -0.39 is 0 Å². The molecule has 0 aromatic heterocycles. The van der Waals surface area contributed by atoms with Crippen molar-refractivity contribution in [3.63, 3.8) is 0 Å². The molecule has 2 amide bonds. The zero-order valence-electron chi connectivity index (χ0n) is 14.6. The number of nitrogens with zero attached hydrogens (tertiary/aromatic N) is 2. The van der Waals surface area contributed by atoms with E-state index >= 15 is 0 Å². The van der Waals surface area contributed by atoms with Crippen LogP contribution in [-0.2, 0) is 9.59 Å². The molecule has 24 heavy (non-hydrogen) atoms. The molecular formula is C19H27N3O2. The van der Waals surface area contributed by atoms with Gasteiger partial charge in [-0.05, 0) is 30.4 Å². The Bertz CT molecular complexity index is 618. The molecule has 2 aliphatic heterocycles. The highest BCUT2D eigenvalue weighted by Crippen LogP contribution is 2.38. The molecular weight excluding hydrogens is 302 g/mol. The summed E-state index contributed by atoms with van der Waals surface area (Å²) in [5.41, 5.74) is 6.93. The van der Waals surface area contributed by atoms with Crippen LogP contribution >= 0.6 is 0 Å². The third-order valence-electron chi connectivity index (χ3n) is 5.68. The lowest BCUT2D eigenvalue weighted by molar-refractivity contribution is -0.146. The Morgan fingerprint density at radius 3 is 2.67 bits per heavy atom. The minimum atomic E-state index is -0.176. The number of likely N-dealkylation sites (tertiary alicyclic amines) is 2. The van der Waals surface area contributed by atoms with Crippen LogP contribution in [0.25, 0.3) is 0 Å². The summed E-state index contributed by atoms with van der Waals surface area (Å²) in [6, 6.07) is 9.72. The predicted molar refractivity (Wildman–Crippen MR) is 93.0 cm³/mol. The molecule has 0 radical (unpaired) electrons. The Morgan fingerprint density at radius 2 is 2.04 bits per heavy atom. The first-order valence-corrected chi connectivity index (χ1v) is 8.75. The van der Waals surface area contributed by atoms with Crippen LogP contribution in [0.3, 0.4) is 0 Å². The van der Waals surface area contributed by atoms with Gasteiger partial charge in [-0.3, -0.25) is 9.59 Å². The maximum atomic E-state index is 13.2. The van der Waals surface area contributed by atoms with Crippen LogP contribution in [0.5, 0.6) is 0 Å². The highest BCUT2D eigenvalue weighted by atomic mass is 16.2. The van der Waals surface area contributed by atoms with Crippen molar-refractivity contribution >= 4 is 11.8 Å². The molecule has 0 bridgehead atoms. The maximum Gasteiger partial charge on any atom is 0.228 e. The van der Waals surface area contributed by atoms with E-state index in [1.807, 2.05) is 42.3 Å². The molecule has 2 heterocycles. The minimum Gasteiger partial charge on any atom is -0.342 e. The SMILES string of the molecule is CN1C(=O)CCC(C(=O)N2CCC(C)(CN)C2)C1c1ccccc1. The van der Waals surface area contributed by atoms with Crippen LogP contribution in [0.4, 0.5) is 0 Å². The van der Waals surface area contributed by atoms with Crippen LogP contribution < -0.4 is 5.73 Å². The average molecular weight is 329 g/mol. The predicted octanol–water partition coefficient (Wildman–Crippen LogP) is 1.79. The van der Waals surface area contributed by atoms with Crippen molar-refractivity contribution in [2.75, 3.05) is 26.7 Å². The normalized spacial score (nSPS) is 30.7. The Kier molecular flexibility index (Phi) is 4.63. The molecule has 2 N–H and O–H groups in total. The van der Waals surface area contributed by atoms with Gasteiger partial charge in [-0.15, -0.1) is 0 Å². The van der Waals surface area contributed by atoms with E-state index in [0.29, 0.717) is 19.4 Å². The van der Waals surface area contributed by atoms with Crippen LogP contribution in [0.1, 0.15) is 37.8 Å². The molecule has 0 saturated carbocycles. The van der Waals surface area contributed by atoms with Crippen LogP contribution in [-0.4, -0.2) is 48.3 Å². The van der Waals surface area contributed by atoms with Gasteiger partial charge in [0.15, 0.2) is 0 Å². The molecule has 1 aromatic carbocycles. The molecule has 2 aliphatic rings. The van der Waals surface area contributed by atoms with Gasteiger partial charge in [-0.25, -0.2) is 0 Å². The van der Waals surface area contributed by atoms with Gasteiger partial charge in [-0.2, -0.15) is 0 Å². The standard InChI is InChI=1S/C19H27N3O2/c1-19(12-20)10-11-22(13-19)18(24)15-8-9-16(23)21(2)17(15)14-6-4-3-5-7-14/h3-7,15,17H,8-13,20H2,1-2H3. The van der Waals surface area contributed by atoms with Gasteiger partial charge >= 0.3 is 0 Å². The minimum absolute atomic E-state index is 0.0221. The van der Waals surface area contributed by atoms with Gasteiger partial charge in [0.05, 0.1) is 12.0 Å². The number of rotatable bonds is 3. The second-order valence-corrected chi connectivity index (χ2v) is 7.53. The third kappa shape index (κ3) is 3.05. The van der Waals surface area contributed by atoms with Crippen molar-refractivity contribution in [1.82, 2.24) is 9.80 Å². The molecule has 0 spiro atoms. The fourth-order valence-electron chi connectivity index (χ4n) is 4.02. The largest absolute Gasteiger partial charge is 0.342 e. The number of hydrogen-bond acceptors (Lipinski definition) is 3. The zero-order valence-corrected chi connectivity index (χ0v) is 14.6. The van der Waals surface area contributed by atoms with Crippen molar-refractivity contribution in [1.29, 1.82) is 0 Å². The van der Waals surface area contributed by atoms with E-state index in [9.17, 15) is 9.59 Å². The monoisotopic (exact) mass is 329 g/mol. The molecule has 3 rings (SSSR count). The summed E-state index contributed by atoms with van der Waals surface area (Å²) >= 11 is 0. The summed E-state index contributed by atoms with van der Waals surface area (Å²) in [5, 5.41) is 0. The number of benzene rings is 1. The molecule has 1 aromatic rings. The molecule has 2 saturated heterocycles. The van der Waals surface area contributed by atoms with Gasteiger partial charge < -0.3 is 15.5 Å². The van der Waals surface area contributed by atoms with E-state index in [1.165, 1.54) is 0 Å². The molecule has 0 aliphatic carbocycles. The van der Waals surface area contributed by atoms with E-state index in [0.717, 1.165) is 25.1 Å². The second-order valence-electron chi connectivity index (χ2n) is 7.53. The van der Waals surface area contributed by atoms with Gasteiger partial charge in [0, 0.05) is 26.6 Å². The van der Waals surface area contributed by atoms with E-state index in [-0.39, 0.29) is 29.2 Å². The van der Waals surface area contributed by atoms with Crippen LogP contribution in [0.2, 0.25) is 0 Å². The summed E-state index contributed by atoms with van der Waals surface area (Å²) < 4.78 is 0. The van der Waals surface area contributed by atoms with E-state index in [2.05, 4.69) is 6.92 Å². The molecule has 130 valence electrons. The fourth-order valence-corrected chi connectivity index (χ4v) is 4.02. The number of carbonyl (C=O) groups excluding carboxylic acids is 2. The second kappa shape index (κ2) is 6.55. The summed E-state index contributed by atoms with van der Waals surface area (Å²) in [7, 11) is 1.81. The maximum absolute atomic E-state index is 13.2. The lowest BCUT2D eigenvalue weighted by Gasteiger charge is -2.40. The Balaban J connectivity index is 1.85. The summed E-state index contributed by atoms with van der Waals surface area (Å²) in [5.74, 6) is 0.108. The first-order valence-electron chi connectivity index (χ1n) is 8.75. The van der Waals surface area contributed by atoms with Gasteiger partial charge in [0.25, 0.3) is 0 Å². The van der Waals surface area contributed by atoms with Crippen molar-refractivity contribution in [3.05, 3.63) is 35.9 Å². The summed E-state index contributed by atoms with van der Waals surface area (Å²) in [6.45, 7) is 4.23.